The first-order valence-electron chi connectivity index (χ1n) is 9.68. The average Bonchev–Trinajstić information content (AvgIpc) is 2.68. The predicted molar refractivity (Wildman–Crippen MR) is 106 cm³/mol. The van der Waals surface area contributed by atoms with Gasteiger partial charge in [0.05, 0.1) is 4.90 Å². The maximum atomic E-state index is 13.1. The number of primary amides is 1. The number of anilines is 1. The summed E-state index contributed by atoms with van der Waals surface area (Å²) in [5.74, 6) is -0.626. The lowest BCUT2D eigenvalue weighted by atomic mass is 9.84. The summed E-state index contributed by atoms with van der Waals surface area (Å²) >= 11 is 0. The van der Waals surface area contributed by atoms with Gasteiger partial charge in [-0.2, -0.15) is 4.31 Å². The molecule has 0 aromatic heterocycles. The van der Waals surface area contributed by atoms with E-state index in [9.17, 15) is 18.0 Å². The Morgan fingerprint density at radius 3 is 2.29 bits per heavy atom. The Morgan fingerprint density at radius 1 is 1.07 bits per heavy atom. The second kappa shape index (κ2) is 8.18. The number of hydrogen-bond donors (Lipinski definition) is 2. The molecule has 0 aliphatic carbocycles. The van der Waals surface area contributed by atoms with Gasteiger partial charge in [0.2, 0.25) is 21.8 Å². The number of piperidine rings is 2. The number of rotatable bonds is 5. The summed E-state index contributed by atoms with van der Waals surface area (Å²) in [5, 5.41) is 2.60. The van der Waals surface area contributed by atoms with E-state index in [0.717, 1.165) is 32.4 Å². The fourth-order valence-corrected chi connectivity index (χ4v) is 5.71. The Hall–Kier alpha value is -1.97. The topological polar surface area (TPSA) is 113 Å². The van der Waals surface area contributed by atoms with Crippen LogP contribution in [0.4, 0.5) is 5.69 Å². The van der Waals surface area contributed by atoms with Crippen molar-refractivity contribution < 1.29 is 18.0 Å². The minimum Gasteiger partial charge on any atom is -0.368 e. The summed E-state index contributed by atoms with van der Waals surface area (Å²) in [7, 11) is -3.72. The van der Waals surface area contributed by atoms with Crippen molar-refractivity contribution in [1.29, 1.82) is 0 Å². The SMILES string of the molecule is CC(=O)Nc1cccc(S(=O)(=O)N2CCC(C(N)=O)(N3CCCCC3)CC2)c1. The number of carbonyl (C=O) groups excluding carboxylic acids is 2. The number of nitrogens with two attached hydrogens (primary N) is 1. The zero-order valence-corrected chi connectivity index (χ0v) is 17.0. The van der Waals surface area contributed by atoms with Gasteiger partial charge >= 0.3 is 0 Å². The Bertz CT molecular complexity index is 841. The summed E-state index contributed by atoms with van der Waals surface area (Å²) in [6, 6.07) is 6.22. The van der Waals surface area contributed by atoms with Crippen LogP contribution in [0.1, 0.15) is 39.0 Å². The fraction of sp³-hybridized carbons (Fsp3) is 0.579. The number of hydrogen-bond acceptors (Lipinski definition) is 5. The van der Waals surface area contributed by atoms with Crippen LogP contribution in [0.2, 0.25) is 0 Å². The number of benzene rings is 1. The summed E-state index contributed by atoms with van der Waals surface area (Å²) in [6.45, 7) is 3.51. The quantitative estimate of drug-likeness (QED) is 0.759. The third kappa shape index (κ3) is 4.06. The van der Waals surface area contributed by atoms with Gasteiger partial charge in [-0.1, -0.05) is 12.5 Å². The molecule has 8 nitrogen and oxygen atoms in total. The van der Waals surface area contributed by atoms with Crippen molar-refractivity contribution in [2.45, 2.75) is 49.5 Å². The van der Waals surface area contributed by atoms with Crippen molar-refractivity contribution >= 4 is 27.5 Å². The van der Waals surface area contributed by atoms with Crippen LogP contribution in [-0.4, -0.2) is 61.2 Å². The van der Waals surface area contributed by atoms with Crippen molar-refractivity contribution in [3.63, 3.8) is 0 Å². The largest absolute Gasteiger partial charge is 0.368 e. The van der Waals surface area contributed by atoms with E-state index in [4.69, 9.17) is 5.73 Å². The van der Waals surface area contributed by atoms with Gasteiger partial charge in [0.15, 0.2) is 0 Å². The molecule has 154 valence electrons. The van der Waals surface area contributed by atoms with E-state index in [2.05, 4.69) is 10.2 Å². The van der Waals surface area contributed by atoms with Gasteiger partial charge in [0, 0.05) is 25.7 Å². The van der Waals surface area contributed by atoms with E-state index in [1.807, 2.05) is 0 Å². The van der Waals surface area contributed by atoms with Gasteiger partial charge in [-0.3, -0.25) is 14.5 Å². The highest BCUT2D eigenvalue weighted by atomic mass is 32.2. The molecule has 1 aromatic carbocycles. The number of sulfonamides is 1. The molecule has 3 N–H and O–H groups in total. The van der Waals surface area contributed by atoms with Crippen LogP contribution in [0.5, 0.6) is 0 Å². The third-order valence-electron chi connectivity index (χ3n) is 5.76. The first-order valence-corrected chi connectivity index (χ1v) is 11.1. The smallest absolute Gasteiger partial charge is 0.243 e. The minimum atomic E-state index is -3.72. The minimum absolute atomic E-state index is 0.128. The molecule has 0 atom stereocenters. The molecular weight excluding hydrogens is 380 g/mol. The maximum absolute atomic E-state index is 13.1. The third-order valence-corrected chi connectivity index (χ3v) is 7.66. The van der Waals surface area contributed by atoms with E-state index in [1.165, 1.54) is 23.4 Å². The number of amides is 2. The fourth-order valence-electron chi connectivity index (χ4n) is 4.22. The Labute approximate surface area is 166 Å². The molecule has 1 aromatic rings. The second-order valence-electron chi connectivity index (χ2n) is 7.56. The van der Waals surface area contributed by atoms with Gasteiger partial charge in [0.25, 0.3) is 0 Å². The first kappa shape index (κ1) is 20.8. The van der Waals surface area contributed by atoms with Gasteiger partial charge in [-0.05, 0) is 57.0 Å². The maximum Gasteiger partial charge on any atom is 0.243 e. The Morgan fingerprint density at radius 2 is 1.71 bits per heavy atom. The van der Waals surface area contributed by atoms with Crippen LogP contribution < -0.4 is 11.1 Å². The molecule has 2 heterocycles. The lowest BCUT2D eigenvalue weighted by molar-refractivity contribution is -0.134. The molecule has 9 heteroatoms. The van der Waals surface area contributed by atoms with E-state index < -0.39 is 15.6 Å². The molecule has 2 aliphatic heterocycles. The van der Waals surface area contributed by atoms with Crippen molar-refractivity contribution in [2.24, 2.45) is 5.73 Å². The summed E-state index contributed by atoms with van der Waals surface area (Å²) in [4.78, 5) is 25.8. The molecule has 0 unspecified atom stereocenters. The van der Waals surface area contributed by atoms with Crippen LogP contribution >= 0.6 is 0 Å². The molecule has 0 spiro atoms. The monoisotopic (exact) mass is 408 g/mol. The van der Waals surface area contributed by atoms with Gasteiger partial charge in [0.1, 0.15) is 5.54 Å². The van der Waals surface area contributed by atoms with E-state index in [0.29, 0.717) is 18.5 Å². The van der Waals surface area contributed by atoms with Crippen LogP contribution in [-0.2, 0) is 19.6 Å². The number of nitrogens with one attached hydrogen (secondary N) is 1. The molecule has 0 radical (unpaired) electrons. The van der Waals surface area contributed by atoms with E-state index >= 15 is 0 Å². The summed E-state index contributed by atoms with van der Waals surface area (Å²) < 4.78 is 27.5. The van der Waals surface area contributed by atoms with E-state index in [1.54, 1.807) is 12.1 Å². The van der Waals surface area contributed by atoms with Crippen molar-refractivity contribution in [1.82, 2.24) is 9.21 Å². The Kier molecular flexibility index (Phi) is 6.07. The molecule has 3 rings (SSSR count). The number of nitrogens with zero attached hydrogens (tertiary/aromatic N) is 2. The van der Waals surface area contributed by atoms with Gasteiger partial charge in [-0.25, -0.2) is 8.42 Å². The van der Waals surface area contributed by atoms with Crippen LogP contribution in [0, 0.1) is 0 Å². The zero-order chi connectivity index (χ0) is 20.4. The summed E-state index contributed by atoms with van der Waals surface area (Å²) in [6.07, 6.45) is 4.01. The highest BCUT2D eigenvalue weighted by molar-refractivity contribution is 7.89. The highest BCUT2D eigenvalue weighted by Gasteiger charge is 2.47. The number of carbonyl (C=O) groups is 2. The summed E-state index contributed by atoms with van der Waals surface area (Å²) in [5.41, 5.74) is 5.45. The van der Waals surface area contributed by atoms with E-state index in [-0.39, 0.29) is 29.8 Å². The molecule has 0 saturated carbocycles. The second-order valence-corrected chi connectivity index (χ2v) is 9.49. The molecule has 2 fully saturated rings. The lowest BCUT2D eigenvalue weighted by Crippen LogP contribution is -2.63. The molecular formula is C19H28N4O4S. The van der Waals surface area contributed by atoms with Crippen molar-refractivity contribution in [3.05, 3.63) is 24.3 Å². The lowest BCUT2D eigenvalue weighted by Gasteiger charge is -2.47. The predicted octanol–water partition coefficient (Wildman–Crippen LogP) is 1.14. The van der Waals surface area contributed by atoms with Crippen LogP contribution in [0.25, 0.3) is 0 Å². The standard InChI is InChI=1S/C19H28N4O4S/c1-15(24)21-16-6-5-7-17(14-16)28(26,27)23-12-8-19(9-13-23,18(20)25)22-10-3-2-4-11-22/h5-7,14H,2-4,8-13H2,1H3,(H2,20,25)(H,21,24). The average molecular weight is 409 g/mol. The van der Waals surface area contributed by atoms with Gasteiger partial charge < -0.3 is 11.1 Å². The Balaban J connectivity index is 1.77. The molecule has 28 heavy (non-hydrogen) atoms. The number of likely N-dealkylation sites (tertiary alicyclic amines) is 1. The molecule has 2 amide bonds. The highest BCUT2D eigenvalue weighted by Crippen LogP contribution is 2.33. The van der Waals surface area contributed by atoms with Crippen molar-refractivity contribution in [3.8, 4) is 0 Å². The molecule has 2 aliphatic rings. The molecule has 2 saturated heterocycles. The van der Waals surface area contributed by atoms with Crippen LogP contribution in [0.3, 0.4) is 0 Å². The first-order chi connectivity index (χ1) is 13.3. The molecule has 0 bridgehead atoms. The van der Waals surface area contributed by atoms with Crippen LogP contribution in [0.15, 0.2) is 29.2 Å². The zero-order valence-electron chi connectivity index (χ0n) is 16.2. The van der Waals surface area contributed by atoms with Gasteiger partial charge in [-0.15, -0.1) is 0 Å². The van der Waals surface area contributed by atoms with Crippen molar-refractivity contribution in [2.75, 3.05) is 31.5 Å². The normalized spacial score (nSPS) is 21.2.